The lowest BCUT2D eigenvalue weighted by molar-refractivity contribution is 0.293. The van der Waals surface area contributed by atoms with E-state index in [1.54, 1.807) is 36.4 Å². The number of fused-ring (bicyclic) bond motifs is 5. The van der Waals surface area contributed by atoms with Crippen molar-refractivity contribution in [2.24, 2.45) is 0 Å². The minimum Gasteiger partial charge on any atom is -0.506 e. The van der Waals surface area contributed by atoms with Gasteiger partial charge in [0.2, 0.25) is 0 Å². The van der Waals surface area contributed by atoms with Crippen LogP contribution in [0.5, 0.6) is 28.7 Å². The molecule has 0 fully saturated rings. The van der Waals surface area contributed by atoms with Crippen molar-refractivity contribution >= 4 is 34.1 Å². The van der Waals surface area contributed by atoms with E-state index in [0.29, 0.717) is 28.6 Å². The summed E-state index contributed by atoms with van der Waals surface area (Å²) in [6.07, 6.45) is 0. The zero-order valence-corrected chi connectivity index (χ0v) is 39.3. The van der Waals surface area contributed by atoms with E-state index in [2.05, 4.69) is 107 Å². The SMILES string of the molecule is CCN1CN(C)Cc2c1c(O)cc1c2N(CC)CN(C)C1.CCN1CN(C)Cc2cc(-c3cc(O)c4c(c3)CN(C)CN4CC)cc(O)c21.Nc1ccc(-c2ccc(N)c(O)c2)cc1O. The Kier molecular flexibility index (Phi) is 14.0. The lowest BCUT2D eigenvalue weighted by Crippen LogP contribution is -2.44. The van der Waals surface area contributed by atoms with Crippen LogP contribution in [0.15, 0.2) is 66.7 Å². The molecule has 4 aliphatic heterocycles. The summed E-state index contributed by atoms with van der Waals surface area (Å²) >= 11 is 0. The van der Waals surface area contributed by atoms with Crippen molar-refractivity contribution in [1.82, 2.24) is 19.6 Å². The van der Waals surface area contributed by atoms with Crippen molar-refractivity contribution in [3.05, 3.63) is 89.0 Å². The van der Waals surface area contributed by atoms with Crippen LogP contribution in [0, 0.1) is 0 Å². The third kappa shape index (κ3) is 9.74. The van der Waals surface area contributed by atoms with E-state index in [1.807, 2.05) is 18.2 Å². The van der Waals surface area contributed by atoms with E-state index in [-0.39, 0.29) is 11.5 Å². The minimum absolute atomic E-state index is 0.0221. The van der Waals surface area contributed by atoms with Gasteiger partial charge in [-0.3, -0.25) is 19.6 Å². The van der Waals surface area contributed by atoms with Gasteiger partial charge in [0.05, 0.1) is 55.1 Å². The van der Waals surface area contributed by atoms with Gasteiger partial charge in [0, 0.05) is 63.6 Å². The Bertz CT molecular complexity index is 2400. The number of benzene rings is 5. The summed E-state index contributed by atoms with van der Waals surface area (Å²) in [4.78, 5) is 18.2. The summed E-state index contributed by atoms with van der Waals surface area (Å²) in [5.74, 6) is 1.10. The Morgan fingerprint density at radius 2 is 0.708 bits per heavy atom. The average molecular weight is 889 g/mol. The van der Waals surface area contributed by atoms with Gasteiger partial charge in [0.1, 0.15) is 28.7 Å². The normalized spacial score (nSPS) is 16.4. The Labute approximate surface area is 384 Å². The van der Waals surface area contributed by atoms with E-state index in [0.717, 1.165) is 129 Å². The number of nitrogens with zero attached hydrogens (tertiary/aromatic N) is 8. The number of hydrogen-bond donors (Lipinski definition) is 7. The molecule has 65 heavy (non-hydrogen) atoms. The van der Waals surface area contributed by atoms with Gasteiger partial charge in [-0.15, -0.1) is 0 Å². The van der Waals surface area contributed by atoms with Gasteiger partial charge in [-0.1, -0.05) is 12.1 Å². The minimum atomic E-state index is 0.0221. The number of aromatic hydroxyl groups is 5. The Balaban J connectivity index is 0.000000152. The lowest BCUT2D eigenvalue weighted by Gasteiger charge is -2.43. The van der Waals surface area contributed by atoms with Gasteiger partial charge in [0.15, 0.2) is 0 Å². The maximum Gasteiger partial charge on any atom is 0.139 e. The third-order valence-electron chi connectivity index (χ3n) is 12.7. The summed E-state index contributed by atoms with van der Waals surface area (Å²) in [5, 5.41) is 51.0. The molecule has 5 aromatic carbocycles. The van der Waals surface area contributed by atoms with Gasteiger partial charge in [-0.2, -0.15) is 0 Å². The topological polar surface area (TPSA) is 179 Å². The highest BCUT2D eigenvalue weighted by Gasteiger charge is 2.32. The van der Waals surface area contributed by atoms with Crippen LogP contribution in [-0.2, 0) is 26.2 Å². The predicted molar refractivity (Wildman–Crippen MR) is 265 cm³/mol. The first kappa shape index (κ1) is 46.7. The summed E-state index contributed by atoms with van der Waals surface area (Å²) in [6.45, 7) is 19.0. The van der Waals surface area contributed by atoms with Crippen molar-refractivity contribution in [3.63, 3.8) is 0 Å². The standard InChI is InChI=1S/C22H30N4O2.C16H26N4O.C12H12N2O2/c1-5-25-13-23(3)11-17-7-15(9-19(27)21(17)25)16-8-18-12-24(4)14-26(6-2)22(18)20(28)10-16;1-5-19-10-17(3)8-12-7-14(21)16-13(15(12)19)9-18(4)11-20(16)6-2;13-9-3-1-7(5-11(9)15)8-2-4-10(14)12(16)6-8/h7-10,27-28H,5-6,11-14H2,1-4H3;7,21H,5-6,8-11H2,1-4H3;1-6,15-16H,13-14H2. The number of phenols is 5. The molecule has 15 heteroatoms. The molecule has 5 aromatic rings. The highest BCUT2D eigenvalue weighted by Crippen LogP contribution is 2.46. The molecule has 0 unspecified atom stereocenters. The Morgan fingerprint density at radius 3 is 1.09 bits per heavy atom. The van der Waals surface area contributed by atoms with Crippen LogP contribution in [0.3, 0.4) is 0 Å². The van der Waals surface area contributed by atoms with Crippen LogP contribution in [0.2, 0.25) is 0 Å². The van der Waals surface area contributed by atoms with Crippen LogP contribution < -0.4 is 31.1 Å². The average Bonchev–Trinajstić information content (AvgIpc) is 3.26. The largest absolute Gasteiger partial charge is 0.506 e. The fourth-order valence-corrected chi connectivity index (χ4v) is 9.71. The molecule has 9 rings (SSSR count). The zero-order valence-electron chi connectivity index (χ0n) is 39.3. The molecule has 0 atom stereocenters. The number of rotatable bonds is 6. The van der Waals surface area contributed by atoms with Crippen LogP contribution in [0.25, 0.3) is 22.3 Å². The highest BCUT2D eigenvalue weighted by molar-refractivity contribution is 5.80. The molecule has 348 valence electrons. The molecular formula is C50H68N10O5. The van der Waals surface area contributed by atoms with Gasteiger partial charge in [-0.05, 0) is 149 Å². The van der Waals surface area contributed by atoms with Crippen molar-refractivity contribution < 1.29 is 25.5 Å². The number of hydrogen-bond acceptors (Lipinski definition) is 15. The van der Waals surface area contributed by atoms with E-state index < -0.39 is 0 Å². The molecule has 0 aliphatic carbocycles. The second-order valence-corrected chi connectivity index (χ2v) is 17.8. The highest BCUT2D eigenvalue weighted by atomic mass is 16.3. The zero-order chi connectivity index (χ0) is 46.9. The quantitative estimate of drug-likeness (QED) is 0.0684. The Hall–Kier alpha value is -6.26. The first-order valence-electron chi connectivity index (χ1n) is 22.5. The van der Waals surface area contributed by atoms with Crippen LogP contribution in [0.4, 0.5) is 34.1 Å². The van der Waals surface area contributed by atoms with Crippen LogP contribution in [0.1, 0.15) is 49.9 Å². The van der Waals surface area contributed by atoms with Crippen molar-refractivity contribution in [2.45, 2.75) is 53.9 Å². The van der Waals surface area contributed by atoms with Crippen molar-refractivity contribution in [3.8, 4) is 51.0 Å². The summed E-state index contributed by atoms with van der Waals surface area (Å²) in [6, 6.07) is 19.8. The molecule has 0 saturated heterocycles. The lowest BCUT2D eigenvalue weighted by atomic mass is 9.95. The molecule has 0 saturated carbocycles. The number of nitrogen functional groups attached to an aromatic ring is 2. The second-order valence-electron chi connectivity index (χ2n) is 17.8. The second kappa shape index (κ2) is 19.5. The number of anilines is 6. The molecule has 15 nitrogen and oxygen atoms in total. The Morgan fingerprint density at radius 1 is 0.385 bits per heavy atom. The number of nitrogens with two attached hydrogens (primary N) is 2. The monoisotopic (exact) mass is 889 g/mol. The molecule has 0 amide bonds. The predicted octanol–water partition coefficient (Wildman–Crippen LogP) is 7.00. The molecule has 0 radical (unpaired) electrons. The first-order chi connectivity index (χ1) is 31.0. The van der Waals surface area contributed by atoms with E-state index in [9.17, 15) is 25.5 Å². The van der Waals surface area contributed by atoms with Gasteiger partial charge < -0.3 is 56.6 Å². The molecular weight excluding hydrogens is 821 g/mol. The molecule has 0 bridgehead atoms. The maximum atomic E-state index is 10.8. The molecule has 0 aromatic heterocycles. The van der Waals surface area contributed by atoms with E-state index in [1.165, 1.54) is 16.8 Å². The summed E-state index contributed by atoms with van der Waals surface area (Å²) < 4.78 is 0. The fraction of sp³-hybridized carbons (Fsp3) is 0.400. The van der Waals surface area contributed by atoms with Gasteiger partial charge in [0.25, 0.3) is 0 Å². The van der Waals surface area contributed by atoms with Gasteiger partial charge >= 0.3 is 0 Å². The molecule has 4 aliphatic rings. The van der Waals surface area contributed by atoms with Crippen LogP contribution in [-0.4, -0.2) is 126 Å². The third-order valence-corrected chi connectivity index (χ3v) is 12.7. The van der Waals surface area contributed by atoms with Crippen molar-refractivity contribution in [1.29, 1.82) is 0 Å². The fourth-order valence-electron chi connectivity index (χ4n) is 9.71. The van der Waals surface area contributed by atoms with Crippen molar-refractivity contribution in [2.75, 3.05) is 112 Å². The summed E-state index contributed by atoms with van der Waals surface area (Å²) in [5.41, 5.74) is 24.1. The first-order valence-corrected chi connectivity index (χ1v) is 22.5. The van der Waals surface area contributed by atoms with E-state index >= 15 is 0 Å². The van der Waals surface area contributed by atoms with Crippen LogP contribution >= 0.6 is 0 Å². The maximum absolute atomic E-state index is 10.8. The van der Waals surface area contributed by atoms with Gasteiger partial charge in [-0.25, -0.2) is 0 Å². The molecule has 9 N–H and O–H groups in total. The van der Waals surface area contributed by atoms with E-state index in [4.69, 9.17) is 11.5 Å². The number of phenolic OH excluding ortho intramolecular Hbond substituents is 5. The summed E-state index contributed by atoms with van der Waals surface area (Å²) in [7, 11) is 8.46. The molecule has 0 spiro atoms. The molecule has 4 heterocycles. The smallest absolute Gasteiger partial charge is 0.139 e.